The van der Waals surface area contributed by atoms with Crippen LogP contribution in [0.1, 0.15) is 54.4 Å². The third-order valence-corrected chi connectivity index (χ3v) is 7.10. The van der Waals surface area contributed by atoms with Crippen LogP contribution in [0.15, 0.2) is 36.4 Å². The molecule has 0 bridgehead atoms. The van der Waals surface area contributed by atoms with Gasteiger partial charge in [0.25, 0.3) is 0 Å². The number of carbonyl (C=O) groups excluding carboxylic acids is 2. The van der Waals surface area contributed by atoms with E-state index in [4.69, 9.17) is 21.4 Å². The first kappa shape index (κ1) is 25.2. The average molecular weight is 502 g/mol. The number of benzene rings is 2. The SMILES string of the molecule is O=C(O)CC1CCC(OC(=O)N2CCc3cc(CC(=O)Cc4ccc(Cl)cc4F)ccc3C2)CC1. The summed E-state index contributed by atoms with van der Waals surface area (Å²) in [4.78, 5) is 37.8. The van der Waals surface area contributed by atoms with Gasteiger partial charge in [-0.1, -0.05) is 35.9 Å². The maximum Gasteiger partial charge on any atom is 0.410 e. The molecule has 1 amide bonds. The summed E-state index contributed by atoms with van der Waals surface area (Å²) in [5.41, 5.74) is 3.34. The minimum absolute atomic E-state index is 0.0118. The number of Topliss-reactive ketones (excluding diaryl/α,β-unsaturated/α-hetero) is 1. The van der Waals surface area contributed by atoms with Crippen molar-refractivity contribution in [3.05, 3.63) is 69.5 Å². The summed E-state index contributed by atoms with van der Waals surface area (Å²) in [7, 11) is 0. The fourth-order valence-corrected chi connectivity index (χ4v) is 5.12. The Balaban J connectivity index is 1.28. The van der Waals surface area contributed by atoms with Gasteiger partial charge in [0.1, 0.15) is 17.7 Å². The van der Waals surface area contributed by atoms with Crippen molar-refractivity contribution in [1.82, 2.24) is 4.90 Å². The Kier molecular flexibility index (Phi) is 8.06. The molecule has 0 aromatic heterocycles. The van der Waals surface area contributed by atoms with E-state index < -0.39 is 11.8 Å². The summed E-state index contributed by atoms with van der Waals surface area (Å²) in [6.45, 7) is 0.986. The smallest absolute Gasteiger partial charge is 0.410 e. The van der Waals surface area contributed by atoms with Crippen LogP contribution in [0, 0.1) is 11.7 Å². The summed E-state index contributed by atoms with van der Waals surface area (Å²) in [5.74, 6) is -1.17. The highest BCUT2D eigenvalue weighted by atomic mass is 35.5. The molecule has 1 saturated carbocycles. The standard InChI is InChI=1S/C27H29ClFNO5/c28-22-6-5-20(25(29)15-22)14-23(31)12-18-1-4-21-16-30(10-9-19(21)11-18)27(34)35-24-7-2-17(3-8-24)13-26(32)33/h1,4-6,11,15,17,24H,2-3,7-10,12-14,16H2,(H,32,33). The van der Waals surface area contributed by atoms with Crippen molar-refractivity contribution in [3.8, 4) is 0 Å². The number of hydrogen-bond acceptors (Lipinski definition) is 4. The molecule has 8 heteroatoms. The Morgan fingerprint density at radius 1 is 1.03 bits per heavy atom. The lowest BCUT2D eigenvalue weighted by atomic mass is 9.85. The molecular formula is C27H29ClFNO5. The number of ketones is 1. The Hall–Kier alpha value is -2.93. The number of ether oxygens (including phenoxy) is 1. The highest BCUT2D eigenvalue weighted by molar-refractivity contribution is 6.30. The van der Waals surface area contributed by atoms with Crippen LogP contribution >= 0.6 is 11.6 Å². The lowest BCUT2D eigenvalue weighted by molar-refractivity contribution is -0.138. The van der Waals surface area contributed by atoms with Crippen molar-refractivity contribution in [2.24, 2.45) is 5.92 Å². The number of halogens is 2. The van der Waals surface area contributed by atoms with Gasteiger partial charge in [-0.3, -0.25) is 9.59 Å². The number of carbonyl (C=O) groups is 3. The first-order valence-electron chi connectivity index (χ1n) is 12.0. The fourth-order valence-electron chi connectivity index (χ4n) is 4.96. The molecule has 0 atom stereocenters. The van der Waals surface area contributed by atoms with Gasteiger partial charge in [-0.25, -0.2) is 9.18 Å². The van der Waals surface area contributed by atoms with E-state index in [1.165, 1.54) is 12.1 Å². The summed E-state index contributed by atoms with van der Waals surface area (Å²) in [5, 5.41) is 9.24. The van der Waals surface area contributed by atoms with Gasteiger partial charge < -0.3 is 14.7 Å². The van der Waals surface area contributed by atoms with Crippen molar-refractivity contribution < 1.29 is 28.6 Å². The largest absolute Gasteiger partial charge is 0.481 e. The van der Waals surface area contributed by atoms with Gasteiger partial charge in [-0.15, -0.1) is 0 Å². The maximum absolute atomic E-state index is 14.0. The Morgan fingerprint density at radius 2 is 1.80 bits per heavy atom. The quantitative estimate of drug-likeness (QED) is 0.552. The van der Waals surface area contributed by atoms with E-state index in [1.54, 1.807) is 11.0 Å². The number of nitrogens with zero attached hydrogens (tertiary/aromatic N) is 1. The van der Waals surface area contributed by atoms with Gasteiger partial charge in [0, 0.05) is 37.4 Å². The van der Waals surface area contributed by atoms with E-state index >= 15 is 0 Å². The van der Waals surface area contributed by atoms with E-state index in [0.717, 1.165) is 29.5 Å². The summed E-state index contributed by atoms with van der Waals surface area (Å²) >= 11 is 5.77. The molecule has 1 heterocycles. The van der Waals surface area contributed by atoms with Crippen LogP contribution in [0.4, 0.5) is 9.18 Å². The Bertz CT molecular complexity index is 1110. The zero-order valence-electron chi connectivity index (χ0n) is 19.5. The normalized spacial score (nSPS) is 19.7. The maximum atomic E-state index is 14.0. The molecule has 0 radical (unpaired) electrons. The van der Waals surface area contributed by atoms with Crippen molar-refractivity contribution >= 4 is 29.4 Å². The predicted molar refractivity (Wildman–Crippen MR) is 129 cm³/mol. The fraction of sp³-hybridized carbons (Fsp3) is 0.444. The monoisotopic (exact) mass is 501 g/mol. The highest BCUT2D eigenvalue weighted by Crippen LogP contribution is 2.29. The minimum Gasteiger partial charge on any atom is -0.481 e. The molecule has 1 aliphatic carbocycles. The van der Waals surface area contributed by atoms with Gasteiger partial charge in [-0.05, 0) is 72.4 Å². The molecule has 0 spiro atoms. The number of rotatable bonds is 7. The van der Waals surface area contributed by atoms with Gasteiger partial charge in [0.2, 0.25) is 0 Å². The summed E-state index contributed by atoms with van der Waals surface area (Å²) < 4.78 is 19.7. The third-order valence-electron chi connectivity index (χ3n) is 6.87. The van der Waals surface area contributed by atoms with Crippen LogP contribution in [0.25, 0.3) is 0 Å². The van der Waals surface area contributed by atoms with Crippen LogP contribution in [-0.4, -0.2) is 40.5 Å². The van der Waals surface area contributed by atoms with Gasteiger partial charge in [0.05, 0.1) is 0 Å². The van der Waals surface area contributed by atoms with E-state index in [-0.39, 0.29) is 43.2 Å². The minimum atomic E-state index is -0.777. The van der Waals surface area contributed by atoms with Crippen molar-refractivity contribution in [3.63, 3.8) is 0 Å². The predicted octanol–water partition coefficient (Wildman–Crippen LogP) is 5.36. The topological polar surface area (TPSA) is 83.9 Å². The number of carboxylic acid groups (broad SMARTS) is 1. The van der Waals surface area contributed by atoms with Crippen LogP contribution in [0.3, 0.4) is 0 Å². The zero-order chi connectivity index (χ0) is 24.9. The molecule has 1 aliphatic heterocycles. The number of hydrogen-bond donors (Lipinski definition) is 1. The number of fused-ring (bicyclic) bond motifs is 1. The number of amides is 1. The molecule has 1 fully saturated rings. The molecule has 1 N–H and O–H groups in total. The van der Waals surface area contributed by atoms with Crippen molar-refractivity contribution in [1.29, 1.82) is 0 Å². The Labute approximate surface area is 209 Å². The molecular weight excluding hydrogens is 473 g/mol. The van der Waals surface area contributed by atoms with E-state index in [1.807, 2.05) is 18.2 Å². The molecule has 0 saturated heterocycles. The second kappa shape index (κ2) is 11.2. The second-order valence-corrected chi connectivity index (χ2v) is 9.96. The molecule has 2 aromatic rings. The first-order valence-corrected chi connectivity index (χ1v) is 12.4. The Morgan fingerprint density at radius 3 is 2.51 bits per heavy atom. The summed E-state index contributed by atoms with van der Waals surface area (Å²) in [6.07, 6.45) is 3.51. The molecule has 2 aliphatic rings. The third kappa shape index (κ3) is 6.82. The highest BCUT2D eigenvalue weighted by Gasteiger charge is 2.28. The van der Waals surface area contributed by atoms with Gasteiger partial charge in [0.15, 0.2) is 0 Å². The average Bonchev–Trinajstić information content (AvgIpc) is 2.81. The van der Waals surface area contributed by atoms with Crippen molar-refractivity contribution in [2.75, 3.05) is 6.54 Å². The van der Waals surface area contributed by atoms with Crippen LogP contribution < -0.4 is 0 Å². The van der Waals surface area contributed by atoms with Crippen LogP contribution in [-0.2, 0) is 40.1 Å². The van der Waals surface area contributed by atoms with Crippen LogP contribution in [0.2, 0.25) is 5.02 Å². The van der Waals surface area contributed by atoms with Crippen molar-refractivity contribution in [2.45, 2.75) is 64.0 Å². The first-order chi connectivity index (χ1) is 16.8. The van der Waals surface area contributed by atoms with Gasteiger partial charge in [-0.2, -0.15) is 0 Å². The van der Waals surface area contributed by atoms with E-state index in [9.17, 15) is 18.8 Å². The zero-order valence-corrected chi connectivity index (χ0v) is 20.2. The molecule has 6 nitrogen and oxygen atoms in total. The summed E-state index contributed by atoms with van der Waals surface area (Å²) in [6, 6.07) is 10.2. The lowest BCUT2D eigenvalue weighted by Crippen LogP contribution is -2.39. The molecule has 4 rings (SSSR count). The molecule has 186 valence electrons. The number of carboxylic acids is 1. The molecule has 35 heavy (non-hydrogen) atoms. The van der Waals surface area contributed by atoms with E-state index in [2.05, 4.69) is 0 Å². The number of aliphatic carboxylic acids is 1. The van der Waals surface area contributed by atoms with E-state index in [0.29, 0.717) is 42.9 Å². The molecule has 2 aromatic carbocycles. The second-order valence-electron chi connectivity index (χ2n) is 9.53. The van der Waals surface area contributed by atoms with Crippen LogP contribution in [0.5, 0.6) is 0 Å². The lowest BCUT2D eigenvalue weighted by Gasteiger charge is -2.32. The van der Waals surface area contributed by atoms with Gasteiger partial charge >= 0.3 is 12.1 Å². The molecule has 0 unspecified atom stereocenters.